The Morgan fingerprint density at radius 1 is 1.18 bits per heavy atom. The molecule has 0 unspecified atom stereocenters. The number of para-hydroxylation sites is 1. The second-order valence-corrected chi connectivity index (χ2v) is 7.82. The Morgan fingerprint density at radius 2 is 2.07 bits per heavy atom. The number of rotatable bonds is 4. The van der Waals surface area contributed by atoms with E-state index in [1.165, 1.54) is 24.1 Å². The molecule has 3 heterocycles. The van der Waals surface area contributed by atoms with Gasteiger partial charge in [0, 0.05) is 24.4 Å². The lowest BCUT2D eigenvalue weighted by molar-refractivity contribution is 0.00799. The van der Waals surface area contributed by atoms with E-state index < -0.39 is 0 Å². The van der Waals surface area contributed by atoms with E-state index in [0.29, 0.717) is 5.58 Å². The lowest BCUT2D eigenvalue weighted by Crippen LogP contribution is -2.51. The first-order chi connectivity index (χ1) is 13.2. The third kappa shape index (κ3) is 3.61. The largest absolute Gasteiger partial charge is 0.485 e. The van der Waals surface area contributed by atoms with E-state index in [9.17, 15) is 4.39 Å². The van der Waals surface area contributed by atoms with Crippen LogP contribution in [0, 0.1) is 5.82 Å². The van der Waals surface area contributed by atoms with E-state index in [-0.39, 0.29) is 23.8 Å². The molecule has 148 valence electrons. The van der Waals surface area contributed by atoms with Crippen LogP contribution in [0.25, 0.3) is 11.0 Å². The predicted molar refractivity (Wildman–Crippen MR) is 109 cm³/mol. The van der Waals surface area contributed by atoms with Gasteiger partial charge in [0.25, 0.3) is 0 Å². The summed E-state index contributed by atoms with van der Waals surface area (Å²) >= 11 is 0. The summed E-state index contributed by atoms with van der Waals surface area (Å²) in [5, 5.41) is 5.05. The number of likely N-dealkylation sites (tertiary alicyclic amines) is 1. The van der Waals surface area contributed by atoms with Gasteiger partial charge >= 0.3 is 0 Å². The molecule has 0 saturated carbocycles. The van der Waals surface area contributed by atoms with Crippen LogP contribution >= 0.6 is 12.4 Å². The summed E-state index contributed by atoms with van der Waals surface area (Å²) in [5.41, 5.74) is 2.72. The number of aromatic nitrogens is 1. The van der Waals surface area contributed by atoms with Crippen molar-refractivity contribution >= 4 is 23.4 Å². The Labute approximate surface area is 170 Å². The van der Waals surface area contributed by atoms with Crippen molar-refractivity contribution in [1.82, 2.24) is 10.1 Å². The third-order valence-corrected chi connectivity index (χ3v) is 5.83. The molecule has 1 saturated heterocycles. The van der Waals surface area contributed by atoms with Crippen molar-refractivity contribution < 1.29 is 13.7 Å². The van der Waals surface area contributed by atoms with Crippen LogP contribution in [0.4, 0.5) is 4.39 Å². The SMILES string of the molecule is Cl.Fc1ccc2c(CCCN3CCC[C@@]4(Cc5ccccc5O4)C3)noc2c1. The molecule has 4 nitrogen and oxygen atoms in total. The van der Waals surface area contributed by atoms with Crippen LogP contribution in [0.5, 0.6) is 5.75 Å². The van der Waals surface area contributed by atoms with Gasteiger partial charge < -0.3 is 9.26 Å². The fourth-order valence-corrected chi connectivity index (χ4v) is 4.59. The second-order valence-electron chi connectivity index (χ2n) is 7.82. The van der Waals surface area contributed by atoms with Crippen LogP contribution in [0.15, 0.2) is 47.0 Å². The van der Waals surface area contributed by atoms with Gasteiger partial charge in [-0.3, -0.25) is 4.90 Å². The minimum atomic E-state index is -0.290. The molecule has 3 aromatic rings. The van der Waals surface area contributed by atoms with Crippen LogP contribution < -0.4 is 4.74 Å². The predicted octanol–water partition coefficient (Wildman–Crippen LogP) is 4.79. The van der Waals surface area contributed by atoms with Crippen molar-refractivity contribution in [3.8, 4) is 5.75 Å². The maximum absolute atomic E-state index is 13.3. The van der Waals surface area contributed by atoms with E-state index in [4.69, 9.17) is 9.26 Å². The van der Waals surface area contributed by atoms with E-state index >= 15 is 0 Å². The van der Waals surface area contributed by atoms with Crippen molar-refractivity contribution in [3.05, 3.63) is 59.5 Å². The minimum Gasteiger partial charge on any atom is -0.485 e. The molecule has 28 heavy (non-hydrogen) atoms. The van der Waals surface area contributed by atoms with E-state index in [1.807, 2.05) is 6.07 Å². The lowest BCUT2D eigenvalue weighted by Gasteiger charge is -2.39. The van der Waals surface area contributed by atoms with E-state index in [1.54, 1.807) is 6.07 Å². The van der Waals surface area contributed by atoms with Gasteiger partial charge in [-0.15, -0.1) is 12.4 Å². The van der Waals surface area contributed by atoms with Gasteiger partial charge in [0.15, 0.2) is 5.58 Å². The molecule has 1 fully saturated rings. The number of piperidine rings is 1. The first kappa shape index (κ1) is 19.2. The second kappa shape index (κ2) is 7.72. The first-order valence-electron chi connectivity index (χ1n) is 9.74. The maximum atomic E-state index is 13.3. The summed E-state index contributed by atoms with van der Waals surface area (Å²) in [4.78, 5) is 2.51. The average molecular weight is 403 g/mol. The van der Waals surface area contributed by atoms with E-state index in [2.05, 4.69) is 28.3 Å². The fourth-order valence-electron chi connectivity index (χ4n) is 4.59. The van der Waals surface area contributed by atoms with Crippen LogP contribution in [0.3, 0.4) is 0 Å². The smallest absolute Gasteiger partial charge is 0.170 e. The molecule has 2 aliphatic heterocycles. The highest BCUT2D eigenvalue weighted by atomic mass is 35.5. The molecule has 5 rings (SSSR count). The molecule has 1 spiro atoms. The van der Waals surface area contributed by atoms with E-state index in [0.717, 1.165) is 62.1 Å². The third-order valence-electron chi connectivity index (χ3n) is 5.83. The van der Waals surface area contributed by atoms with Gasteiger partial charge in [0.2, 0.25) is 0 Å². The lowest BCUT2D eigenvalue weighted by atomic mass is 9.88. The Balaban J connectivity index is 0.00000192. The molecule has 0 amide bonds. The van der Waals surface area contributed by atoms with Gasteiger partial charge in [-0.1, -0.05) is 23.4 Å². The number of fused-ring (bicyclic) bond motifs is 2. The van der Waals surface area contributed by atoms with Crippen LogP contribution in [-0.2, 0) is 12.8 Å². The number of nitrogens with zero attached hydrogens (tertiary/aromatic N) is 2. The van der Waals surface area contributed by atoms with Gasteiger partial charge in [0.05, 0.1) is 5.69 Å². The number of halogens is 2. The molecular weight excluding hydrogens is 379 g/mol. The van der Waals surface area contributed by atoms with Crippen LogP contribution in [0.1, 0.15) is 30.5 Å². The molecule has 0 radical (unpaired) electrons. The molecule has 1 aromatic heterocycles. The van der Waals surface area contributed by atoms with Gasteiger partial charge in [-0.05, 0) is 62.5 Å². The molecule has 2 aliphatic rings. The molecule has 0 bridgehead atoms. The zero-order valence-corrected chi connectivity index (χ0v) is 16.5. The Morgan fingerprint density at radius 3 is 2.96 bits per heavy atom. The van der Waals surface area contributed by atoms with Crippen molar-refractivity contribution in [1.29, 1.82) is 0 Å². The fraction of sp³-hybridized carbons (Fsp3) is 0.409. The molecule has 1 atom stereocenters. The highest BCUT2D eigenvalue weighted by Gasteiger charge is 2.42. The number of benzene rings is 2. The standard InChI is InChI=1S/C22H23FN2O2.ClH/c23-17-8-9-18-19(24-27-21(18)13-17)6-3-11-25-12-4-10-22(15-25)14-16-5-1-2-7-20(16)26-22;/h1-2,5,7-9,13H,3-4,6,10-12,14-15H2;1H/t22-;/m1./s1. The number of hydrogen-bond donors (Lipinski definition) is 0. The molecule has 2 aromatic carbocycles. The quantitative estimate of drug-likeness (QED) is 0.628. The summed E-state index contributed by atoms with van der Waals surface area (Å²) in [6.07, 6.45) is 5.14. The summed E-state index contributed by atoms with van der Waals surface area (Å²) in [5.74, 6) is 0.766. The van der Waals surface area contributed by atoms with Crippen molar-refractivity contribution in [2.45, 2.75) is 37.7 Å². The highest BCUT2D eigenvalue weighted by Crippen LogP contribution is 2.39. The Kier molecular flexibility index (Phi) is 5.30. The molecule has 6 heteroatoms. The number of hydrogen-bond acceptors (Lipinski definition) is 4. The summed E-state index contributed by atoms with van der Waals surface area (Å²) in [7, 11) is 0. The zero-order chi connectivity index (χ0) is 18.3. The summed E-state index contributed by atoms with van der Waals surface area (Å²) < 4.78 is 24.9. The number of ether oxygens (including phenoxy) is 1. The zero-order valence-electron chi connectivity index (χ0n) is 15.7. The minimum absolute atomic E-state index is 0. The first-order valence-corrected chi connectivity index (χ1v) is 9.74. The molecular formula is C22H24ClFN2O2. The molecule has 0 N–H and O–H groups in total. The van der Waals surface area contributed by atoms with Crippen LogP contribution in [-0.4, -0.2) is 35.3 Å². The summed E-state index contributed by atoms with van der Waals surface area (Å²) in [6, 6.07) is 13.0. The highest BCUT2D eigenvalue weighted by molar-refractivity contribution is 5.85. The Bertz CT molecular complexity index is 949. The average Bonchev–Trinajstić information content (AvgIpc) is 3.22. The monoisotopic (exact) mass is 402 g/mol. The summed E-state index contributed by atoms with van der Waals surface area (Å²) in [6.45, 7) is 3.11. The maximum Gasteiger partial charge on any atom is 0.170 e. The van der Waals surface area contributed by atoms with Crippen LogP contribution in [0.2, 0.25) is 0 Å². The van der Waals surface area contributed by atoms with Crippen molar-refractivity contribution in [2.75, 3.05) is 19.6 Å². The Hall–Kier alpha value is -2.11. The van der Waals surface area contributed by atoms with Crippen molar-refractivity contribution in [3.63, 3.8) is 0 Å². The topological polar surface area (TPSA) is 38.5 Å². The van der Waals surface area contributed by atoms with Gasteiger partial charge in [-0.25, -0.2) is 4.39 Å². The number of aryl methyl sites for hydroxylation is 1. The van der Waals surface area contributed by atoms with Gasteiger partial charge in [-0.2, -0.15) is 0 Å². The normalized spacial score (nSPS) is 21.5. The molecule has 0 aliphatic carbocycles. The van der Waals surface area contributed by atoms with Crippen molar-refractivity contribution in [2.24, 2.45) is 0 Å². The van der Waals surface area contributed by atoms with Gasteiger partial charge in [0.1, 0.15) is 17.2 Å².